The maximum Gasteiger partial charge on any atom is 0.254 e. The number of carbonyl (C=O) groups excluding carboxylic acids is 1. The van der Waals surface area contributed by atoms with E-state index in [0.29, 0.717) is 12.0 Å². The summed E-state index contributed by atoms with van der Waals surface area (Å²) in [6, 6.07) is 8.11. The molecule has 4 heteroatoms. The summed E-state index contributed by atoms with van der Waals surface area (Å²) in [5.41, 5.74) is 2.86. The number of nitrogens with zero attached hydrogens (tertiary/aromatic N) is 3. The molecule has 0 aliphatic carbocycles. The number of hydrogen-bond acceptors (Lipinski definition) is 2. The van der Waals surface area contributed by atoms with E-state index in [4.69, 9.17) is 0 Å². The highest BCUT2D eigenvalue weighted by Gasteiger charge is 2.31. The van der Waals surface area contributed by atoms with Gasteiger partial charge in [0.25, 0.3) is 5.91 Å². The molecule has 0 spiro atoms. The SMILES string of the molecule is Cc1cnn(-c2ccc(C(=O)N3CCC[C@@H]3C(C)C)cc2)c1. The Hall–Kier alpha value is -2.10. The van der Waals surface area contributed by atoms with Crippen LogP contribution in [0.3, 0.4) is 0 Å². The Bertz CT molecular complexity index is 657. The van der Waals surface area contributed by atoms with Gasteiger partial charge in [0.1, 0.15) is 0 Å². The van der Waals surface area contributed by atoms with Crippen molar-refractivity contribution in [1.29, 1.82) is 0 Å². The van der Waals surface area contributed by atoms with Gasteiger partial charge in [-0.1, -0.05) is 13.8 Å². The molecule has 0 bridgehead atoms. The minimum atomic E-state index is 0.152. The fourth-order valence-corrected chi connectivity index (χ4v) is 3.21. The molecule has 0 unspecified atom stereocenters. The second-order valence-electron chi connectivity index (χ2n) is 6.46. The number of amides is 1. The zero-order chi connectivity index (χ0) is 15.7. The molecule has 1 aliphatic heterocycles. The van der Waals surface area contributed by atoms with Gasteiger partial charge in [0, 0.05) is 24.3 Å². The van der Waals surface area contributed by atoms with E-state index in [9.17, 15) is 4.79 Å². The molecule has 1 aliphatic rings. The molecule has 1 fully saturated rings. The third kappa shape index (κ3) is 2.78. The number of aryl methyl sites for hydroxylation is 1. The van der Waals surface area contributed by atoms with Crippen LogP contribution < -0.4 is 0 Å². The quantitative estimate of drug-likeness (QED) is 0.870. The Balaban J connectivity index is 1.79. The van der Waals surface area contributed by atoms with Crippen LogP contribution in [-0.2, 0) is 0 Å². The molecule has 4 nitrogen and oxygen atoms in total. The molecule has 2 aromatic rings. The Labute approximate surface area is 131 Å². The molecule has 0 N–H and O–H groups in total. The first-order valence-electron chi connectivity index (χ1n) is 7.99. The summed E-state index contributed by atoms with van der Waals surface area (Å²) >= 11 is 0. The Morgan fingerprint density at radius 2 is 2.00 bits per heavy atom. The lowest BCUT2D eigenvalue weighted by atomic mass is 10.0. The molecule has 0 saturated carbocycles. The topological polar surface area (TPSA) is 38.1 Å². The first-order valence-corrected chi connectivity index (χ1v) is 7.99. The summed E-state index contributed by atoms with van der Waals surface area (Å²) < 4.78 is 1.83. The van der Waals surface area contributed by atoms with Crippen LogP contribution in [0, 0.1) is 12.8 Å². The van der Waals surface area contributed by atoms with Gasteiger partial charge in [-0.25, -0.2) is 4.68 Å². The van der Waals surface area contributed by atoms with Crippen LogP contribution in [0.1, 0.15) is 42.6 Å². The smallest absolute Gasteiger partial charge is 0.254 e. The molecule has 1 amide bonds. The van der Waals surface area contributed by atoms with Gasteiger partial charge in [0.05, 0.1) is 11.9 Å². The van der Waals surface area contributed by atoms with E-state index in [2.05, 4.69) is 18.9 Å². The first-order chi connectivity index (χ1) is 10.6. The number of benzene rings is 1. The van der Waals surface area contributed by atoms with Crippen molar-refractivity contribution in [3.63, 3.8) is 0 Å². The Morgan fingerprint density at radius 1 is 1.27 bits per heavy atom. The number of carbonyl (C=O) groups is 1. The van der Waals surface area contributed by atoms with Gasteiger partial charge in [0.15, 0.2) is 0 Å². The van der Waals surface area contributed by atoms with E-state index in [1.54, 1.807) is 0 Å². The summed E-state index contributed by atoms with van der Waals surface area (Å²) in [6.45, 7) is 7.28. The third-order valence-electron chi connectivity index (χ3n) is 4.42. The molecule has 1 aromatic carbocycles. The number of hydrogen-bond donors (Lipinski definition) is 0. The van der Waals surface area contributed by atoms with Crippen molar-refractivity contribution in [1.82, 2.24) is 14.7 Å². The molecule has 1 saturated heterocycles. The zero-order valence-electron chi connectivity index (χ0n) is 13.5. The van der Waals surface area contributed by atoms with Crippen molar-refractivity contribution in [3.05, 3.63) is 47.8 Å². The highest BCUT2D eigenvalue weighted by Crippen LogP contribution is 2.25. The molecular weight excluding hydrogens is 274 g/mol. The van der Waals surface area contributed by atoms with E-state index in [-0.39, 0.29) is 5.91 Å². The van der Waals surface area contributed by atoms with Gasteiger partial charge in [0.2, 0.25) is 0 Å². The van der Waals surface area contributed by atoms with E-state index in [0.717, 1.165) is 36.2 Å². The van der Waals surface area contributed by atoms with Crippen LogP contribution >= 0.6 is 0 Å². The van der Waals surface area contributed by atoms with Crippen LogP contribution in [0.15, 0.2) is 36.7 Å². The highest BCUT2D eigenvalue weighted by atomic mass is 16.2. The van der Waals surface area contributed by atoms with Crippen molar-refractivity contribution >= 4 is 5.91 Å². The van der Waals surface area contributed by atoms with Crippen LogP contribution in [0.2, 0.25) is 0 Å². The summed E-state index contributed by atoms with van der Waals surface area (Å²) in [4.78, 5) is 14.8. The van der Waals surface area contributed by atoms with Crippen molar-refractivity contribution in [2.75, 3.05) is 6.54 Å². The lowest BCUT2D eigenvalue weighted by molar-refractivity contribution is 0.0701. The maximum absolute atomic E-state index is 12.7. The van der Waals surface area contributed by atoms with E-state index >= 15 is 0 Å². The lowest BCUT2D eigenvalue weighted by Crippen LogP contribution is -2.38. The van der Waals surface area contributed by atoms with Crippen molar-refractivity contribution in [2.24, 2.45) is 5.92 Å². The predicted octanol–water partition coefficient (Wildman–Crippen LogP) is 3.44. The Kier molecular flexibility index (Phi) is 4.01. The lowest BCUT2D eigenvalue weighted by Gasteiger charge is -2.27. The first kappa shape index (κ1) is 14.8. The summed E-state index contributed by atoms with van der Waals surface area (Å²) in [5.74, 6) is 0.664. The van der Waals surface area contributed by atoms with Crippen molar-refractivity contribution in [3.8, 4) is 5.69 Å². The van der Waals surface area contributed by atoms with Crippen molar-refractivity contribution < 1.29 is 4.79 Å². The summed E-state index contributed by atoms with van der Waals surface area (Å²) in [7, 11) is 0. The van der Waals surface area contributed by atoms with Gasteiger partial charge >= 0.3 is 0 Å². The fraction of sp³-hybridized carbons (Fsp3) is 0.444. The van der Waals surface area contributed by atoms with Gasteiger partial charge in [-0.2, -0.15) is 5.10 Å². The predicted molar refractivity (Wildman–Crippen MR) is 87.2 cm³/mol. The molecule has 1 atom stereocenters. The minimum Gasteiger partial charge on any atom is -0.335 e. The van der Waals surface area contributed by atoms with Gasteiger partial charge < -0.3 is 4.90 Å². The van der Waals surface area contributed by atoms with Gasteiger partial charge in [-0.15, -0.1) is 0 Å². The second kappa shape index (κ2) is 5.95. The number of aromatic nitrogens is 2. The molecule has 116 valence electrons. The normalized spacial score (nSPS) is 18.2. The van der Waals surface area contributed by atoms with E-state index < -0.39 is 0 Å². The summed E-state index contributed by atoms with van der Waals surface area (Å²) in [6.07, 6.45) is 6.04. The molecule has 0 radical (unpaired) electrons. The standard InChI is InChI=1S/C18H23N3O/c1-13(2)17-5-4-10-20(17)18(22)15-6-8-16(9-7-15)21-12-14(3)11-19-21/h6-9,11-13,17H,4-5,10H2,1-3H3/t17-/m1/s1. The minimum absolute atomic E-state index is 0.152. The largest absolute Gasteiger partial charge is 0.335 e. The van der Waals surface area contributed by atoms with Crippen LogP contribution in [0.4, 0.5) is 0 Å². The van der Waals surface area contributed by atoms with Crippen molar-refractivity contribution in [2.45, 2.75) is 39.7 Å². The molecular formula is C18H23N3O. The van der Waals surface area contributed by atoms with Crippen LogP contribution in [-0.4, -0.2) is 33.2 Å². The summed E-state index contributed by atoms with van der Waals surface area (Å²) in [5, 5.41) is 4.29. The zero-order valence-corrected chi connectivity index (χ0v) is 13.5. The Morgan fingerprint density at radius 3 is 2.59 bits per heavy atom. The average molecular weight is 297 g/mol. The second-order valence-corrected chi connectivity index (χ2v) is 6.46. The highest BCUT2D eigenvalue weighted by molar-refractivity contribution is 5.94. The maximum atomic E-state index is 12.7. The van der Waals surface area contributed by atoms with Crippen LogP contribution in [0.5, 0.6) is 0 Å². The van der Waals surface area contributed by atoms with E-state index in [1.807, 2.05) is 53.2 Å². The van der Waals surface area contributed by atoms with E-state index in [1.165, 1.54) is 0 Å². The van der Waals surface area contributed by atoms with Crippen LogP contribution in [0.25, 0.3) is 5.69 Å². The van der Waals surface area contributed by atoms with Gasteiger partial charge in [-0.05, 0) is 55.5 Å². The molecule has 2 heterocycles. The fourth-order valence-electron chi connectivity index (χ4n) is 3.21. The number of likely N-dealkylation sites (tertiary alicyclic amines) is 1. The monoisotopic (exact) mass is 297 g/mol. The molecule has 1 aromatic heterocycles. The molecule has 3 rings (SSSR count). The molecule has 22 heavy (non-hydrogen) atoms. The van der Waals surface area contributed by atoms with Gasteiger partial charge in [-0.3, -0.25) is 4.79 Å². The number of rotatable bonds is 3. The average Bonchev–Trinajstić information content (AvgIpc) is 3.15. The third-order valence-corrected chi connectivity index (χ3v) is 4.42.